The van der Waals surface area contributed by atoms with Gasteiger partial charge in [0.05, 0.1) is 0 Å². The minimum atomic E-state index is -0.225. The molecule has 0 unspecified atom stereocenters. The fourth-order valence-corrected chi connectivity index (χ4v) is 1.60. The number of benzene rings is 1. The molecular weight excluding hydrogens is 247 g/mol. The average Bonchev–Trinajstić information content (AvgIpc) is 2.12. The molecule has 14 heavy (non-hydrogen) atoms. The van der Waals surface area contributed by atoms with Gasteiger partial charge in [0, 0.05) is 23.6 Å². The van der Waals surface area contributed by atoms with E-state index in [0.29, 0.717) is 13.1 Å². The number of hydrogen-bond donors (Lipinski definition) is 2. The second kappa shape index (κ2) is 5.44. The van der Waals surface area contributed by atoms with Crippen LogP contribution in [-0.2, 0) is 6.54 Å². The molecule has 3 N–H and O–H groups in total. The lowest BCUT2D eigenvalue weighted by Crippen LogP contribution is -2.32. The van der Waals surface area contributed by atoms with Gasteiger partial charge in [-0.2, -0.15) is 0 Å². The van der Waals surface area contributed by atoms with Crippen LogP contribution in [0.1, 0.15) is 12.5 Å². The highest BCUT2D eigenvalue weighted by atomic mass is 79.9. The van der Waals surface area contributed by atoms with Crippen molar-refractivity contribution in [3.8, 4) is 0 Å². The van der Waals surface area contributed by atoms with Crippen LogP contribution in [0, 0.1) is 5.82 Å². The summed E-state index contributed by atoms with van der Waals surface area (Å²) in [6, 6.07) is 5.09. The molecule has 0 fully saturated rings. The van der Waals surface area contributed by atoms with Crippen LogP contribution in [0.3, 0.4) is 0 Å². The Balaban J connectivity index is 2.58. The molecule has 78 valence electrons. The fourth-order valence-electron chi connectivity index (χ4n) is 1.09. The molecule has 1 rings (SSSR count). The van der Waals surface area contributed by atoms with Crippen LogP contribution in [0.25, 0.3) is 0 Å². The molecule has 0 heterocycles. The minimum Gasteiger partial charge on any atom is -0.329 e. The second-order valence-electron chi connectivity index (χ2n) is 3.30. The van der Waals surface area contributed by atoms with Gasteiger partial charge in [0.1, 0.15) is 5.82 Å². The third kappa shape index (κ3) is 3.74. The van der Waals surface area contributed by atoms with E-state index in [0.717, 1.165) is 10.0 Å². The van der Waals surface area contributed by atoms with Crippen LogP contribution in [0.4, 0.5) is 4.39 Å². The summed E-state index contributed by atoms with van der Waals surface area (Å²) in [5.74, 6) is -0.225. The van der Waals surface area contributed by atoms with Crippen molar-refractivity contribution in [3.05, 3.63) is 34.1 Å². The zero-order chi connectivity index (χ0) is 10.6. The molecule has 0 aliphatic carbocycles. The Morgan fingerprint density at radius 2 is 2.21 bits per heavy atom. The van der Waals surface area contributed by atoms with Gasteiger partial charge in [-0.1, -0.05) is 15.9 Å². The normalized spacial score (nSPS) is 12.9. The van der Waals surface area contributed by atoms with Gasteiger partial charge in [-0.15, -0.1) is 0 Å². The minimum absolute atomic E-state index is 0.225. The zero-order valence-electron chi connectivity index (χ0n) is 8.06. The first-order valence-electron chi connectivity index (χ1n) is 4.50. The Labute approximate surface area is 91.8 Å². The maximum absolute atomic E-state index is 13.0. The maximum atomic E-state index is 13.0. The molecule has 0 amide bonds. The first-order valence-corrected chi connectivity index (χ1v) is 5.29. The fraction of sp³-hybridized carbons (Fsp3) is 0.400. The lowest BCUT2D eigenvalue weighted by atomic mass is 10.2. The molecule has 1 aromatic carbocycles. The lowest BCUT2D eigenvalue weighted by molar-refractivity contribution is 0.552. The molecular formula is C10H14BrFN2. The summed E-state index contributed by atoms with van der Waals surface area (Å²) < 4.78 is 13.7. The van der Waals surface area contributed by atoms with E-state index < -0.39 is 0 Å². The largest absolute Gasteiger partial charge is 0.329 e. The molecule has 0 bridgehead atoms. The van der Waals surface area contributed by atoms with Crippen molar-refractivity contribution in [2.45, 2.75) is 19.5 Å². The molecule has 1 aromatic rings. The van der Waals surface area contributed by atoms with Crippen molar-refractivity contribution in [2.75, 3.05) is 6.54 Å². The smallest absolute Gasteiger partial charge is 0.124 e. The highest BCUT2D eigenvalue weighted by Gasteiger charge is 2.01. The van der Waals surface area contributed by atoms with Crippen LogP contribution >= 0.6 is 15.9 Å². The van der Waals surface area contributed by atoms with Crippen molar-refractivity contribution in [3.63, 3.8) is 0 Å². The topological polar surface area (TPSA) is 38.0 Å². The third-order valence-corrected chi connectivity index (χ3v) is 2.39. The summed E-state index contributed by atoms with van der Waals surface area (Å²) in [4.78, 5) is 0. The van der Waals surface area contributed by atoms with Crippen LogP contribution in [0.5, 0.6) is 0 Å². The summed E-state index contributed by atoms with van der Waals surface area (Å²) >= 11 is 3.24. The van der Waals surface area contributed by atoms with Gasteiger partial charge in [0.25, 0.3) is 0 Å². The first kappa shape index (κ1) is 11.6. The van der Waals surface area contributed by atoms with Crippen LogP contribution in [-0.4, -0.2) is 12.6 Å². The molecule has 0 aliphatic rings. The Bertz CT molecular complexity index is 284. The van der Waals surface area contributed by atoms with Crippen molar-refractivity contribution in [1.29, 1.82) is 0 Å². The Hall–Kier alpha value is -0.450. The summed E-state index contributed by atoms with van der Waals surface area (Å²) in [5, 5.41) is 3.19. The average molecular weight is 261 g/mol. The predicted molar refractivity (Wildman–Crippen MR) is 59.5 cm³/mol. The highest BCUT2D eigenvalue weighted by molar-refractivity contribution is 9.10. The molecule has 4 heteroatoms. The SMILES string of the molecule is C[C@H](CN)NCc1cc(F)cc(Br)c1. The lowest BCUT2D eigenvalue weighted by Gasteiger charge is -2.11. The molecule has 0 aromatic heterocycles. The van der Waals surface area contributed by atoms with Gasteiger partial charge in [-0.05, 0) is 30.7 Å². The van der Waals surface area contributed by atoms with Gasteiger partial charge >= 0.3 is 0 Å². The van der Waals surface area contributed by atoms with Crippen LogP contribution in [0.15, 0.2) is 22.7 Å². The summed E-state index contributed by atoms with van der Waals surface area (Å²) in [6.45, 7) is 3.21. The second-order valence-corrected chi connectivity index (χ2v) is 4.21. The molecule has 0 saturated carbocycles. The van der Waals surface area contributed by atoms with Crippen molar-refractivity contribution in [1.82, 2.24) is 5.32 Å². The van der Waals surface area contributed by atoms with Gasteiger partial charge < -0.3 is 11.1 Å². The van der Waals surface area contributed by atoms with E-state index in [-0.39, 0.29) is 11.9 Å². The van der Waals surface area contributed by atoms with E-state index in [1.54, 1.807) is 0 Å². The number of rotatable bonds is 4. The zero-order valence-corrected chi connectivity index (χ0v) is 9.64. The van der Waals surface area contributed by atoms with Crippen LogP contribution < -0.4 is 11.1 Å². The van der Waals surface area contributed by atoms with E-state index in [2.05, 4.69) is 21.2 Å². The number of hydrogen-bond acceptors (Lipinski definition) is 2. The van der Waals surface area contributed by atoms with Crippen molar-refractivity contribution in [2.24, 2.45) is 5.73 Å². The molecule has 0 aliphatic heterocycles. The number of halogens is 2. The Morgan fingerprint density at radius 1 is 1.50 bits per heavy atom. The van der Waals surface area contributed by atoms with E-state index >= 15 is 0 Å². The standard InChI is InChI=1S/C10H14BrFN2/c1-7(5-13)14-6-8-2-9(11)4-10(12)3-8/h2-4,7,14H,5-6,13H2,1H3/t7-/m1/s1. The van der Waals surface area contributed by atoms with Crippen LogP contribution in [0.2, 0.25) is 0 Å². The molecule has 1 atom stereocenters. The van der Waals surface area contributed by atoms with Crippen molar-refractivity contribution < 1.29 is 4.39 Å². The van der Waals surface area contributed by atoms with E-state index in [9.17, 15) is 4.39 Å². The number of nitrogens with two attached hydrogens (primary N) is 1. The van der Waals surface area contributed by atoms with E-state index in [1.807, 2.05) is 13.0 Å². The number of nitrogens with one attached hydrogen (secondary N) is 1. The molecule has 0 spiro atoms. The first-order chi connectivity index (χ1) is 6.61. The maximum Gasteiger partial charge on any atom is 0.124 e. The molecule has 2 nitrogen and oxygen atoms in total. The highest BCUT2D eigenvalue weighted by Crippen LogP contribution is 2.14. The third-order valence-electron chi connectivity index (χ3n) is 1.93. The summed E-state index contributed by atoms with van der Waals surface area (Å²) in [7, 11) is 0. The molecule has 0 radical (unpaired) electrons. The van der Waals surface area contributed by atoms with E-state index in [4.69, 9.17) is 5.73 Å². The predicted octanol–water partition coefficient (Wildman–Crippen LogP) is 2.03. The Morgan fingerprint density at radius 3 is 2.79 bits per heavy atom. The monoisotopic (exact) mass is 260 g/mol. The van der Waals surface area contributed by atoms with Gasteiger partial charge in [-0.25, -0.2) is 4.39 Å². The Kier molecular flexibility index (Phi) is 4.51. The van der Waals surface area contributed by atoms with Gasteiger partial charge in [-0.3, -0.25) is 0 Å². The summed E-state index contributed by atoms with van der Waals surface area (Å²) in [5.41, 5.74) is 6.36. The quantitative estimate of drug-likeness (QED) is 0.870. The van der Waals surface area contributed by atoms with Crippen molar-refractivity contribution >= 4 is 15.9 Å². The molecule has 0 saturated heterocycles. The van der Waals surface area contributed by atoms with Gasteiger partial charge in [0.15, 0.2) is 0 Å². The van der Waals surface area contributed by atoms with E-state index in [1.165, 1.54) is 12.1 Å². The summed E-state index contributed by atoms with van der Waals surface area (Å²) in [6.07, 6.45) is 0. The van der Waals surface area contributed by atoms with Gasteiger partial charge in [0.2, 0.25) is 0 Å².